The summed E-state index contributed by atoms with van der Waals surface area (Å²) in [5.74, 6) is 0.0631. The number of piperidine rings is 1. The number of benzene rings is 2. The summed E-state index contributed by atoms with van der Waals surface area (Å²) in [7, 11) is 3.05. The largest absolute Gasteiger partial charge is 0.493 e. The number of ether oxygens (including phenoxy) is 2. The van der Waals surface area contributed by atoms with Crippen molar-refractivity contribution in [3.63, 3.8) is 0 Å². The minimum absolute atomic E-state index is 0.209. The Morgan fingerprint density at radius 1 is 1.09 bits per heavy atom. The van der Waals surface area contributed by atoms with Gasteiger partial charge in [0.2, 0.25) is 11.8 Å². The van der Waals surface area contributed by atoms with Crippen LogP contribution in [0.3, 0.4) is 0 Å². The quantitative estimate of drug-likeness (QED) is 0.574. The standard InChI is InChI=1S/C23H24N4O6/c1-32-18-7-4-15(10-19(18)33-2)25-23(31)24-11-13-3-5-16-14(9-13)12-27(22(16)30)17-6-8-20(28)26-21(17)29/h3-5,7,9-10,17H,6,8,11-12H2,1-2H3,(H2,24,25,31)(H,26,28,29). The van der Waals surface area contributed by atoms with Crippen molar-refractivity contribution < 1.29 is 28.7 Å². The Hall–Kier alpha value is -4.08. The lowest BCUT2D eigenvalue weighted by Gasteiger charge is -2.29. The average Bonchev–Trinajstić information content (AvgIpc) is 3.13. The first kappa shape index (κ1) is 22.1. The molecule has 0 aromatic heterocycles. The molecule has 4 rings (SSSR count). The Morgan fingerprint density at radius 2 is 1.88 bits per heavy atom. The molecular formula is C23H24N4O6. The average molecular weight is 452 g/mol. The van der Waals surface area contributed by atoms with Gasteiger partial charge in [-0.2, -0.15) is 0 Å². The molecule has 5 amide bonds. The van der Waals surface area contributed by atoms with E-state index in [0.717, 1.165) is 11.1 Å². The summed E-state index contributed by atoms with van der Waals surface area (Å²) in [6, 6.07) is 9.30. The normalized spacial score (nSPS) is 17.3. The number of imide groups is 1. The first-order chi connectivity index (χ1) is 15.9. The minimum atomic E-state index is -0.656. The molecule has 0 saturated carbocycles. The number of carbonyl (C=O) groups is 4. The van der Waals surface area contributed by atoms with Crippen LogP contribution in [0.25, 0.3) is 0 Å². The molecule has 10 nitrogen and oxygen atoms in total. The lowest BCUT2D eigenvalue weighted by molar-refractivity contribution is -0.136. The summed E-state index contributed by atoms with van der Waals surface area (Å²) in [5, 5.41) is 7.81. The number of methoxy groups -OCH3 is 2. The van der Waals surface area contributed by atoms with Crippen LogP contribution < -0.4 is 25.4 Å². The maximum atomic E-state index is 12.8. The molecule has 2 aliphatic heterocycles. The van der Waals surface area contributed by atoms with Crippen molar-refractivity contribution in [2.75, 3.05) is 19.5 Å². The first-order valence-corrected chi connectivity index (χ1v) is 10.4. The summed E-state index contributed by atoms with van der Waals surface area (Å²) in [4.78, 5) is 50.1. The Balaban J connectivity index is 1.37. The number of urea groups is 1. The first-order valence-electron chi connectivity index (χ1n) is 10.4. The van der Waals surface area contributed by atoms with Gasteiger partial charge in [0.1, 0.15) is 6.04 Å². The maximum absolute atomic E-state index is 12.8. The van der Waals surface area contributed by atoms with Gasteiger partial charge in [0.25, 0.3) is 5.91 Å². The van der Waals surface area contributed by atoms with E-state index >= 15 is 0 Å². The third-order valence-corrected chi connectivity index (χ3v) is 5.68. The van der Waals surface area contributed by atoms with Crippen molar-refractivity contribution in [2.24, 2.45) is 0 Å². The van der Waals surface area contributed by atoms with Crippen LogP contribution >= 0.6 is 0 Å². The van der Waals surface area contributed by atoms with Gasteiger partial charge < -0.3 is 25.0 Å². The second-order valence-electron chi connectivity index (χ2n) is 7.77. The zero-order valence-corrected chi connectivity index (χ0v) is 18.3. The zero-order chi connectivity index (χ0) is 23.5. The Labute approximate surface area is 190 Å². The third-order valence-electron chi connectivity index (χ3n) is 5.68. The molecule has 1 fully saturated rings. The number of nitrogens with one attached hydrogen (secondary N) is 3. The third kappa shape index (κ3) is 4.59. The smallest absolute Gasteiger partial charge is 0.319 e. The molecule has 1 atom stereocenters. The fourth-order valence-electron chi connectivity index (χ4n) is 4.01. The highest BCUT2D eigenvalue weighted by Crippen LogP contribution is 2.30. The molecule has 2 aliphatic rings. The molecule has 33 heavy (non-hydrogen) atoms. The summed E-state index contributed by atoms with van der Waals surface area (Å²) in [5.41, 5.74) is 2.67. The molecule has 0 spiro atoms. The van der Waals surface area contributed by atoms with E-state index in [9.17, 15) is 19.2 Å². The van der Waals surface area contributed by atoms with Crippen molar-refractivity contribution in [3.05, 3.63) is 53.1 Å². The highest BCUT2D eigenvalue weighted by Gasteiger charge is 2.39. The number of rotatable bonds is 6. The van der Waals surface area contributed by atoms with E-state index in [4.69, 9.17) is 9.47 Å². The predicted molar refractivity (Wildman–Crippen MR) is 118 cm³/mol. The van der Waals surface area contributed by atoms with Crippen LogP contribution in [0.15, 0.2) is 36.4 Å². The lowest BCUT2D eigenvalue weighted by atomic mass is 10.0. The van der Waals surface area contributed by atoms with Crippen LogP contribution in [0.5, 0.6) is 11.5 Å². The van der Waals surface area contributed by atoms with E-state index in [1.807, 2.05) is 6.07 Å². The van der Waals surface area contributed by atoms with E-state index < -0.39 is 18.0 Å². The van der Waals surface area contributed by atoms with Crippen LogP contribution in [-0.4, -0.2) is 48.9 Å². The predicted octanol–water partition coefficient (Wildman–Crippen LogP) is 1.79. The molecule has 0 radical (unpaired) electrons. The van der Waals surface area contributed by atoms with E-state index in [0.29, 0.717) is 29.2 Å². The van der Waals surface area contributed by atoms with Crippen LogP contribution in [0.4, 0.5) is 10.5 Å². The number of anilines is 1. The van der Waals surface area contributed by atoms with E-state index in [1.54, 1.807) is 30.3 Å². The fourth-order valence-corrected chi connectivity index (χ4v) is 4.01. The number of fused-ring (bicyclic) bond motifs is 1. The molecule has 2 aromatic carbocycles. The van der Waals surface area contributed by atoms with Gasteiger partial charge >= 0.3 is 6.03 Å². The van der Waals surface area contributed by atoms with Gasteiger partial charge in [-0.15, -0.1) is 0 Å². The number of nitrogens with zero attached hydrogens (tertiary/aromatic N) is 1. The van der Waals surface area contributed by atoms with E-state index in [2.05, 4.69) is 16.0 Å². The molecule has 1 unspecified atom stereocenters. The summed E-state index contributed by atoms with van der Waals surface area (Å²) < 4.78 is 10.4. The van der Waals surface area contributed by atoms with Gasteiger partial charge in [-0.3, -0.25) is 19.7 Å². The lowest BCUT2D eigenvalue weighted by Crippen LogP contribution is -2.52. The van der Waals surface area contributed by atoms with Crippen LogP contribution in [0.2, 0.25) is 0 Å². The van der Waals surface area contributed by atoms with Crippen molar-refractivity contribution in [1.29, 1.82) is 0 Å². The van der Waals surface area contributed by atoms with Gasteiger partial charge in [0, 0.05) is 36.8 Å². The second kappa shape index (κ2) is 9.19. The minimum Gasteiger partial charge on any atom is -0.493 e. The number of hydrogen-bond acceptors (Lipinski definition) is 6. The Bertz CT molecular complexity index is 1130. The number of carbonyl (C=O) groups excluding carboxylic acids is 4. The summed E-state index contributed by atoms with van der Waals surface area (Å²) in [6.07, 6.45) is 0.524. The van der Waals surface area contributed by atoms with Crippen molar-refractivity contribution in [3.8, 4) is 11.5 Å². The topological polar surface area (TPSA) is 126 Å². The van der Waals surface area contributed by atoms with Crippen molar-refractivity contribution in [2.45, 2.75) is 32.0 Å². The molecule has 0 aliphatic carbocycles. The molecule has 172 valence electrons. The van der Waals surface area contributed by atoms with Crippen LogP contribution in [-0.2, 0) is 22.7 Å². The molecule has 3 N–H and O–H groups in total. The van der Waals surface area contributed by atoms with Gasteiger partial charge in [-0.1, -0.05) is 12.1 Å². The van der Waals surface area contributed by atoms with Crippen molar-refractivity contribution >= 4 is 29.4 Å². The van der Waals surface area contributed by atoms with Crippen LogP contribution in [0, 0.1) is 0 Å². The van der Waals surface area contributed by atoms with Gasteiger partial charge in [0.05, 0.1) is 14.2 Å². The number of amides is 5. The van der Waals surface area contributed by atoms with Crippen LogP contribution in [0.1, 0.15) is 34.3 Å². The summed E-state index contributed by atoms with van der Waals surface area (Å²) in [6.45, 7) is 0.533. The molecule has 10 heteroatoms. The number of hydrogen-bond donors (Lipinski definition) is 3. The van der Waals surface area contributed by atoms with Gasteiger partial charge in [-0.05, 0) is 35.7 Å². The molecule has 0 bridgehead atoms. The Kier molecular flexibility index (Phi) is 6.16. The van der Waals surface area contributed by atoms with Crippen molar-refractivity contribution in [1.82, 2.24) is 15.5 Å². The summed E-state index contributed by atoms with van der Waals surface area (Å²) >= 11 is 0. The highest BCUT2D eigenvalue weighted by atomic mass is 16.5. The molecule has 2 heterocycles. The highest BCUT2D eigenvalue weighted by molar-refractivity contribution is 6.05. The van der Waals surface area contributed by atoms with Gasteiger partial charge in [0.15, 0.2) is 11.5 Å². The van der Waals surface area contributed by atoms with Gasteiger partial charge in [-0.25, -0.2) is 4.79 Å². The monoisotopic (exact) mass is 452 g/mol. The molecule has 1 saturated heterocycles. The zero-order valence-electron chi connectivity index (χ0n) is 18.3. The second-order valence-corrected chi connectivity index (χ2v) is 7.77. The maximum Gasteiger partial charge on any atom is 0.319 e. The fraction of sp³-hybridized carbons (Fsp3) is 0.304. The Morgan fingerprint density at radius 3 is 2.61 bits per heavy atom. The molecule has 2 aromatic rings. The van der Waals surface area contributed by atoms with E-state index in [-0.39, 0.29) is 31.3 Å². The van der Waals surface area contributed by atoms with E-state index in [1.165, 1.54) is 19.1 Å². The molecular weight excluding hydrogens is 428 g/mol. The SMILES string of the molecule is COc1ccc(NC(=O)NCc2ccc3c(c2)CN(C2CCC(=O)NC2=O)C3=O)cc1OC.